The first-order chi connectivity index (χ1) is 11.3. The molecule has 1 saturated heterocycles. The zero-order valence-electron chi connectivity index (χ0n) is 14.2. The number of hydrogen-bond acceptors (Lipinski definition) is 6. The van der Waals surface area contributed by atoms with Crippen molar-refractivity contribution in [1.29, 1.82) is 0 Å². The van der Waals surface area contributed by atoms with Crippen molar-refractivity contribution in [3.63, 3.8) is 0 Å². The Kier molecular flexibility index (Phi) is 7.63. The third kappa shape index (κ3) is 4.42. The van der Waals surface area contributed by atoms with Crippen LogP contribution < -0.4 is 16.2 Å². The van der Waals surface area contributed by atoms with Crippen LogP contribution >= 0.6 is 12.4 Å². The van der Waals surface area contributed by atoms with Crippen LogP contribution in [-0.2, 0) is 14.8 Å². The summed E-state index contributed by atoms with van der Waals surface area (Å²) < 4.78 is 37.7. The Morgan fingerprint density at radius 3 is 2.56 bits per heavy atom. The Bertz CT molecular complexity index is 713. The molecule has 1 aliphatic rings. The molecular formula is C15H24ClN3O5S. The molecule has 0 bridgehead atoms. The zero-order valence-corrected chi connectivity index (χ0v) is 15.8. The molecule has 4 N–H and O–H groups in total. The van der Waals surface area contributed by atoms with Gasteiger partial charge in [-0.15, -0.1) is 12.4 Å². The highest BCUT2D eigenvalue weighted by atomic mass is 35.5. The first-order valence-electron chi connectivity index (χ1n) is 7.57. The number of halogens is 1. The lowest BCUT2D eigenvalue weighted by Crippen LogP contribution is -2.51. The van der Waals surface area contributed by atoms with Gasteiger partial charge in [0.1, 0.15) is 5.75 Å². The minimum Gasteiger partial charge on any atom is -0.496 e. The number of carbonyl (C=O) groups excluding carboxylic acids is 1. The van der Waals surface area contributed by atoms with Gasteiger partial charge in [0, 0.05) is 26.2 Å². The van der Waals surface area contributed by atoms with Crippen LogP contribution in [0.3, 0.4) is 0 Å². The first kappa shape index (κ1) is 21.7. The smallest absolute Gasteiger partial charge is 0.252 e. The number of benzene rings is 1. The summed E-state index contributed by atoms with van der Waals surface area (Å²) in [6, 6.07) is 3.71. The molecule has 25 heavy (non-hydrogen) atoms. The van der Waals surface area contributed by atoms with Gasteiger partial charge in [-0.05, 0) is 31.0 Å². The van der Waals surface area contributed by atoms with Crippen molar-refractivity contribution in [1.82, 2.24) is 4.31 Å². The number of piperidine rings is 1. The molecule has 8 nitrogen and oxygen atoms in total. The van der Waals surface area contributed by atoms with Gasteiger partial charge < -0.3 is 20.9 Å². The number of nitrogens with two attached hydrogens (primary N) is 2. The Morgan fingerprint density at radius 2 is 2.04 bits per heavy atom. The highest BCUT2D eigenvalue weighted by Gasteiger charge is 2.36. The summed E-state index contributed by atoms with van der Waals surface area (Å²) in [5.41, 5.74) is 11.1. The van der Waals surface area contributed by atoms with E-state index in [9.17, 15) is 13.2 Å². The van der Waals surface area contributed by atoms with Crippen molar-refractivity contribution in [2.75, 3.05) is 27.3 Å². The monoisotopic (exact) mass is 393 g/mol. The molecule has 10 heteroatoms. The summed E-state index contributed by atoms with van der Waals surface area (Å²) in [6.07, 6.45) is 1.11. The number of ether oxygens (including phenoxy) is 2. The minimum atomic E-state index is -3.80. The van der Waals surface area contributed by atoms with Gasteiger partial charge in [-0.2, -0.15) is 4.31 Å². The number of amides is 1. The van der Waals surface area contributed by atoms with Gasteiger partial charge in [-0.1, -0.05) is 0 Å². The van der Waals surface area contributed by atoms with Gasteiger partial charge in [-0.25, -0.2) is 8.42 Å². The Morgan fingerprint density at radius 1 is 1.36 bits per heavy atom. The molecule has 1 aromatic carbocycles. The van der Waals surface area contributed by atoms with E-state index in [0.717, 1.165) is 0 Å². The molecule has 2 atom stereocenters. The van der Waals surface area contributed by atoms with Crippen molar-refractivity contribution in [2.24, 2.45) is 11.5 Å². The number of hydrogen-bond donors (Lipinski definition) is 2. The van der Waals surface area contributed by atoms with Gasteiger partial charge in [0.25, 0.3) is 5.91 Å². The summed E-state index contributed by atoms with van der Waals surface area (Å²) >= 11 is 0. The van der Waals surface area contributed by atoms with E-state index in [2.05, 4.69) is 0 Å². The Balaban J connectivity index is 0.00000312. The van der Waals surface area contributed by atoms with Crippen molar-refractivity contribution in [3.05, 3.63) is 23.8 Å². The van der Waals surface area contributed by atoms with E-state index in [0.29, 0.717) is 19.4 Å². The maximum absolute atomic E-state index is 13.0. The summed E-state index contributed by atoms with van der Waals surface area (Å²) in [5, 5.41) is 0. The van der Waals surface area contributed by atoms with Crippen LogP contribution in [0.2, 0.25) is 0 Å². The number of nitrogens with zero attached hydrogens (tertiary/aromatic N) is 1. The molecule has 2 unspecified atom stereocenters. The van der Waals surface area contributed by atoms with Crippen molar-refractivity contribution in [3.8, 4) is 5.75 Å². The summed E-state index contributed by atoms with van der Waals surface area (Å²) in [6.45, 7) is 0.499. The van der Waals surface area contributed by atoms with Gasteiger partial charge in [0.05, 0.1) is 23.7 Å². The quantitative estimate of drug-likeness (QED) is 0.718. The highest BCUT2D eigenvalue weighted by molar-refractivity contribution is 7.89. The zero-order chi connectivity index (χ0) is 17.9. The number of primary amides is 1. The van der Waals surface area contributed by atoms with E-state index >= 15 is 0 Å². The topological polar surface area (TPSA) is 125 Å². The second kappa shape index (κ2) is 8.81. The first-order valence-corrected chi connectivity index (χ1v) is 9.01. The lowest BCUT2D eigenvalue weighted by molar-refractivity contribution is 0.0401. The standard InChI is InChI=1S/C15H23N3O5S.ClH/c1-22-11-5-6-18(10(7-11)9-16)24(20,21)12-3-4-14(23-2)13(8-12)15(17)19;/h3-4,8,10-11H,5-7,9,16H2,1-2H3,(H2,17,19);1H. The molecule has 1 amide bonds. The van der Waals surface area contributed by atoms with E-state index in [-0.39, 0.29) is 47.3 Å². The summed E-state index contributed by atoms with van der Waals surface area (Å²) in [5.74, 6) is -0.521. The molecule has 2 rings (SSSR count). The fourth-order valence-corrected chi connectivity index (χ4v) is 4.60. The second-order valence-electron chi connectivity index (χ2n) is 5.61. The Labute approximate surface area is 153 Å². The molecule has 1 heterocycles. The van der Waals surface area contributed by atoms with Gasteiger partial charge in [0.2, 0.25) is 10.0 Å². The summed E-state index contributed by atoms with van der Waals surface area (Å²) in [4.78, 5) is 11.5. The fraction of sp³-hybridized carbons (Fsp3) is 0.533. The molecule has 0 aliphatic carbocycles. The van der Waals surface area contributed by atoms with Crippen LogP contribution in [0.1, 0.15) is 23.2 Å². The van der Waals surface area contributed by atoms with Crippen LogP contribution in [0.25, 0.3) is 0 Å². The maximum atomic E-state index is 13.0. The normalized spacial score (nSPS) is 21.4. The van der Waals surface area contributed by atoms with E-state index < -0.39 is 15.9 Å². The predicted octanol–water partition coefficient (Wildman–Crippen LogP) is 0.343. The van der Waals surface area contributed by atoms with Gasteiger partial charge in [0.15, 0.2) is 0 Å². The van der Waals surface area contributed by atoms with E-state index in [1.165, 1.54) is 29.6 Å². The fourth-order valence-electron chi connectivity index (χ4n) is 2.91. The number of sulfonamides is 1. The van der Waals surface area contributed by atoms with Crippen LogP contribution in [0.4, 0.5) is 0 Å². The van der Waals surface area contributed by atoms with Crippen LogP contribution in [-0.4, -0.2) is 58.1 Å². The van der Waals surface area contributed by atoms with Crippen molar-refractivity contribution < 1.29 is 22.7 Å². The molecule has 142 valence electrons. The predicted molar refractivity (Wildman–Crippen MR) is 95.5 cm³/mol. The third-order valence-electron chi connectivity index (χ3n) is 4.26. The van der Waals surface area contributed by atoms with Crippen LogP contribution in [0.5, 0.6) is 5.75 Å². The van der Waals surface area contributed by atoms with Crippen LogP contribution in [0, 0.1) is 0 Å². The van der Waals surface area contributed by atoms with Crippen molar-refractivity contribution in [2.45, 2.75) is 29.9 Å². The molecule has 0 spiro atoms. The van der Waals surface area contributed by atoms with Gasteiger partial charge >= 0.3 is 0 Å². The molecule has 1 aromatic rings. The highest BCUT2D eigenvalue weighted by Crippen LogP contribution is 2.29. The van der Waals surface area contributed by atoms with E-state index in [4.69, 9.17) is 20.9 Å². The van der Waals surface area contributed by atoms with E-state index in [1.54, 1.807) is 7.11 Å². The average Bonchev–Trinajstić information content (AvgIpc) is 2.60. The average molecular weight is 394 g/mol. The molecule has 0 radical (unpaired) electrons. The molecular weight excluding hydrogens is 370 g/mol. The molecule has 0 aromatic heterocycles. The van der Waals surface area contributed by atoms with Gasteiger partial charge in [-0.3, -0.25) is 4.79 Å². The Hall–Kier alpha value is -1.39. The lowest BCUT2D eigenvalue weighted by atomic mass is 10.0. The second-order valence-corrected chi connectivity index (χ2v) is 7.50. The van der Waals surface area contributed by atoms with Crippen LogP contribution in [0.15, 0.2) is 23.1 Å². The maximum Gasteiger partial charge on any atom is 0.252 e. The molecule has 1 aliphatic heterocycles. The summed E-state index contributed by atoms with van der Waals surface area (Å²) in [7, 11) is -0.814. The lowest BCUT2D eigenvalue weighted by Gasteiger charge is -2.37. The third-order valence-corrected chi connectivity index (χ3v) is 6.21. The molecule has 1 fully saturated rings. The minimum absolute atomic E-state index is 0. The SMILES string of the molecule is COc1ccc(S(=O)(=O)N2CCC(OC)CC2CN)cc1C(N)=O.Cl. The van der Waals surface area contributed by atoms with E-state index in [1.807, 2.05) is 0 Å². The largest absolute Gasteiger partial charge is 0.496 e. The van der Waals surface area contributed by atoms with Crippen molar-refractivity contribution >= 4 is 28.3 Å². The number of carbonyl (C=O) groups is 1. The molecule has 0 saturated carbocycles. The number of rotatable bonds is 6. The number of methoxy groups -OCH3 is 2.